The Morgan fingerprint density at radius 2 is 1.62 bits per heavy atom. The van der Waals surface area contributed by atoms with Crippen LogP contribution in [0.25, 0.3) is 16.5 Å². The first-order valence-corrected chi connectivity index (χ1v) is 11.8. The van der Waals surface area contributed by atoms with E-state index < -0.39 is 0 Å². The van der Waals surface area contributed by atoms with Gasteiger partial charge in [0.1, 0.15) is 11.6 Å². The van der Waals surface area contributed by atoms with Gasteiger partial charge in [0.15, 0.2) is 5.16 Å². The molecule has 0 radical (unpaired) electrons. The van der Waals surface area contributed by atoms with Gasteiger partial charge in [0.25, 0.3) is 0 Å². The van der Waals surface area contributed by atoms with Crippen molar-refractivity contribution in [2.75, 3.05) is 11.5 Å². The van der Waals surface area contributed by atoms with Gasteiger partial charge in [-0.25, -0.2) is 0 Å². The van der Waals surface area contributed by atoms with E-state index in [2.05, 4.69) is 104 Å². The molecule has 5 rings (SSSR count). The zero-order valence-electron chi connectivity index (χ0n) is 18.9. The molecule has 0 unspecified atom stereocenters. The normalized spacial score (nSPS) is 11.2. The van der Waals surface area contributed by atoms with E-state index in [1.54, 1.807) is 0 Å². The van der Waals surface area contributed by atoms with Gasteiger partial charge in [0.05, 0.1) is 11.4 Å². The minimum atomic E-state index is 0.107. The summed E-state index contributed by atoms with van der Waals surface area (Å²) in [5.41, 5.74) is 16.1. The molecule has 4 N–H and O–H groups in total. The van der Waals surface area contributed by atoms with Crippen molar-refractivity contribution in [2.45, 2.75) is 31.2 Å². The fourth-order valence-electron chi connectivity index (χ4n) is 4.07. The molecule has 2 aromatic heterocycles. The number of nitrogens with zero attached hydrogens (tertiary/aromatic N) is 6. The average molecular weight is 469 g/mol. The van der Waals surface area contributed by atoms with Crippen LogP contribution in [-0.4, -0.2) is 29.7 Å². The molecule has 5 aromatic rings. The number of nitrogens with two attached hydrogens (primary N) is 2. The van der Waals surface area contributed by atoms with E-state index in [9.17, 15) is 0 Å². The van der Waals surface area contributed by atoms with Crippen LogP contribution >= 0.6 is 11.8 Å². The Morgan fingerprint density at radius 3 is 2.41 bits per heavy atom. The van der Waals surface area contributed by atoms with Crippen molar-refractivity contribution in [3.8, 4) is 5.69 Å². The third kappa shape index (κ3) is 4.42. The molecule has 0 spiro atoms. The summed E-state index contributed by atoms with van der Waals surface area (Å²) >= 11 is 1.49. The molecule has 3 aromatic carbocycles. The highest BCUT2D eigenvalue weighted by molar-refractivity contribution is 7.98. The van der Waals surface area contributed by atoms with Gasteiger partial charge in [-0.05, 0) is 41.8 Å². The third-order valence-corrected chi connectivity index (χ3v) is 6.49. The summed E-state index contributed by atoms with van der Waals surface area (Å²) in [5.74, 6) is 2.02. The Morgan fingerprint density at radius 1 is 0.853 bits per heavy atom. The van der Waals surface area contributed by atoms with Crippen molar-refractivity contribution in [2.24, 2.45) is 0 Å². The maximum absolute atomic E-state index is 5.73. The van der Waals surface area contributed by atoms with Gasteiger partial charge in [-0.2, -0.15) is 15.0 Å². The Kier molecular flexibility index (Phi) is 5.85. The number of fused-ring (bicyclic) bond motifs is 1. The van der Waals surface area contributed by atoms with Crippen LogP contribution in [0.2, 0.25) is 0 Å². The van der Waals surface area contributed by atoms with Gasteiger partial charge in [0, 0.05) is 6.42 Å². The number of anilines is 2. The molecule has 0 atom stereocenters. The van der Waals surface area contributed by atoms with Gasteiger partial charge in [-0.3, -0.25) is 4.57 Å². The minimum absolute atomic E-state index is 0.107. The van der Waals surface area contributed by atoms with Crippen LogP contribution in [0.4, 0.5) is 11.9 Å². The fraction of sp³-hybridized carbons (Fsp3) is 0.160. The van der Waals surface area contributed by atoms with Crippen molar-refractivity contribution in [3.63, 3.8) is 0 Å². The summed E-state index contributed by atoms with van der Waals surface area (Å²) in [6.45, 7) is 4.19. The molecule has 0 fully saturated rings. The largest absolute Gasteiger partial charge is 0.368 e. The number of nitrogen functional groups attached to an aromatic ring is 2. The Bertz CT molecular complexity index is 1470. The van der Waals surface area contributed by atoms with Crippen molar-refractivity contribution in [1.29, 1.82) is 0 Å². The molecule has 0 aliphatic rings. The predicted molar refractivity (Wildman–Crippen MR) is 136 cm³/mol. The van der Waals surface area contributed by atoms with E-state index in [0.29, 0.717) is 18.0 Å². The smallest absolute Gasteiger partial charge is 0.225 e. The standard InChI is InChI=1S/C25H24N8S/c1-15-10-11-20(16(2)12-15)33-22(13-18-8-5-7-17-6-3-4-9-19(17)18)31-32-25(33)34-14-21-28-23(26)30-24(27)29-21/h3-12H,13-14H2,1-2H3,(H4,26,27,28,29,30). The van der Waals surface area contributed by atoms with E-state index in [-0.39, 0.29) is 11.9 Å². The molecule has 0 aliphatic heterocycles. The van der Waals surface area contributed by atoms with Crippen molar-refractivity contribution >= 4 is 34.4 Å². The van der Waals surface area contributed by atoms with E-state index >= 15 is 0 Å². The van der Waals surface area contributed by atoms with Gasteiger partial charge in [-0.15, -0.1) is 10.2 Å². The number of benzene rings is 3. The van der Waals surface area contributed by atoms with E-state index in [1.165, 1.54) is 33.7 Å². The molecule has 2 heterocycles. The topological polar surface area (TPSA) is 121 Å². The van der Waals surface area contributed by atoms with Crippen molar-refractivity contribution < 1.29 is 0 Å². The molecule has 0 aliphatic carbocycles. The number of hydrogen-bond acceptors (Lipinski definition) is 8. The zero-order valence-corrected chi connectivity index (χ0v) is 19.8. The first-order valence-electron chi connectivity index (χ1n) is 10.8. The predicted octanol–water partition coefficient (Wildman–Crippen LogP) is 4.27. The van der Waals surface area contributed by atoms with Crippen LogP contribution in [0.1, 0.15) is 28.3 Å². The minimum Gasteiger partial charge on any atom is -0.368 e. The van der Waals surface area contributed by atoms with E-state index in [4.69, 9.17) is 11.5 Å². The van der Waals surface area contributed by atoms with Gasteiger partial charge in [0.2, 0.25) is 11.9 Å². The lowest BCUT2D eigenvalue weighted by atomic mass is 10.0. The second kappa shape index (κ2) is 9.11. The molecular weight excluding hydrogens is 444 g/mol. The number of aromatic nitrogens is 6. The molecular formula is C25H24N8S. The molecule has 34 heavy (non-hydrogen) atoms. The summed E-state index contributed by atoms with van der Waals surface area (Å²) in [7, 11) is 0. The lowest BCUT2D eigenvalue weighted by molar-refractivity contribution is 0.841. The monoisotopic (exact) mass is 468 g/mol. The quantitative estimate of drug-likeness (QED) is 0.354. The second-order valence-electron chi connectivity index (χ2n) is 8.10. The summed E-state index contributed by atoms with van der Waals surface area (Å²) in [6, 6.07) is 21.1. The number of hydrogen-bond donors (Lipinski definition) is 2. The average Bonchev–Trinajstić information content (AvgIpc) is 3.19. The summed E-state index contributed by atoms with van der Waals surface area (Å²) in [5, 5.41) is 12.3. The highest BCUT2D eigenvalue weighted by Crippen LogP contribution is 2.29. The highest BCUT2D eigenvalue weighted by Gasteiger charge is 2.18. The van der Waals surface area contributed by atoms with Gasteiger partial charge < -0.3 is 11.5 Å². The van der Waals surface area contributed by atoms with Crippen LogP contribution in [-0.2, 0) is 12.2 Å². The maximum atomic E-state index is 5.73. The maximum Gasteiger partial charge on any atom is 0.225 e. The molecule has 8 nitrogen and oxygen atoms in total. The van der Waals surface area contributed by atoms with Crippen LogP contribution in [0.15, 0.2) is 65.8 Å². The van der Waals surface area contributed by atoms with Crippen LogP contribution in [0, 0.1) is 13.8 Å². The number of aryl methyl sites for hydroxylation is 2. The van der Waals surface area contributed by atoms with E-state index in [1.807, 2.05) is 0 Å². The first-order chi connectivity index (χ1) is 16.5. The number of rotatable bonds is 6. The Hall–Kier alpha value is -3.98. The molecule has 0 amide bonds. The molecule has 170 valence electrons. The summed E-state index contributed by atoms with van der Waals surface area (Å²) in [6.07, 6.45) is 0.647. The Labute approximate surface area is 201 Å². The van der Waals surface area contributed by atoms with Crippen LogP contribution in [0.5, 0.6) is 0 Å². The van der Waals surface area contributed by atoms with Crippen LogP contribution in [0.3, 0.4) is 0 Å². The van der Waals surface area contributed by atoms with Crippen molar-refractivity contribution in [1.82, 2.24) is 29.7 Å². The number of thioether (sulfide) groups is 1. The lowest BCUT2D eigenvalue weighted by Crippen LogP contribution is -2.08. The summed E-state index contributed by atoms with van der Waals surface area (Å²) < 4.78 is 2.12. The lowest BCUT2D eigenvalue weighted by Gasteiger charge is -2.14. The second-order valence-corrected chi connectivity index (χ2v) is 9.04. The first kappa shape index (κ1) is 21.8. The molecule has 0 saturated carbocycles. The highest BCUT2D eigenvalue weighted by atomic mass is 32.2. The molecule has 0 saturated heterocycles. The third-order valence-electron chi connectivity index (χ3n) is 5.57. The molecule has 0 bridgehead atoms. The SMILES string of the molecule is Cc1ccc(-n2c(Cc3cccc4ccccc34)nnc2SCc2nc(N)nc(N)n2)c(C)c1. The molecule has 9 heteroatoms. The zero-order chi connectivity index (χ0) is 23.7. The summed E-state index contributed by atoms with van der Waals surface area (Å²) in [4.78, 5) is 12.2. The van der Waals surface area contributed by atoms with Crippen molar-refractivity contribution in [3.05, 3.63) is 89.0 Å². The van der Waals surface area contributed by atoms with Crippen LogP contribution < -0.4 is 11.5 Å². The van der Waals surface area contributed by atoms with Gasteiger partial charge >= 0.3 is 0 Å². The Balaban J connectivity index is 1.55. The van der Waals surface area contributed by atoms with E-state index in [0.717, 1.165) is 22.2 Å². The fourth-order valence-corrected chi connectivity index (χ4v) is 4.89. The van der Waals surface area contributed by atoms with Gasteiger partial charge in [-0.1, -0.05) is 71.9 Å².